The number of rotatable bonds is 2. The summed E-state index contributed by atoms with van der Waals surface area (Å²) in [5, 5.41) is 1.41. The molecule has 2 nitrogen and oxygen atoms in total. The van der Waals surface area contributed by atoms with Gasteiger partial charge >= 0.3 is 0 Å². The molecule has 1 heterocycles. The second-order valence-electron chi connectivity index (χ2n) is 5.82. The van der Waals surface area contributed by atoms with E-state index >= 15 is 0 Å². The lowest BCUT2D eigenvalue weighted by molar-refractivity contribution is 0.456. The molecular weight excluding hydrogens is 220 g/mol. The molecule has 2 heteroatoms. The number of nitrogens with two attached hydrogens (primary N) is 1. The third kappa shape index (κ3) is 1.52. The zero-order valence-corrected chi connectivity index (χ0v) is 11.4. The van der Waals surface area contributed by atoms with E-state index in [-0.39, 0.29) is 5.41 Å². The van der Waals surface area contributed by atoms with Crippen molar-refractivity contribution in [2.75, 3.05) is 6.54 Å². The summed E-state index contributed by atoms with van der Waals surface area (Å²) in [5.41, 5.74) is 10.6. The fourth-order valence-corrected chi connectivity index (χ4v) is 3.73. The van der Waals surface area contributed by atoms with Crippen molar-refractivity contribution >= 4 is 10.9 Å². The first kappa shape index (κ1) is 11.8. The minimum atomic E-state index is 0.229. The van der Waals surface area contributed by atoms with Crippen LogP contribution in [-0.2, 0) is 12.5 Å². The van der Waals surface area contributed by atoms with Gasteiger partial charge in [-0.25, -0.2) is 0 Å². The van der Waals surface area contributed by atoms with Crippen molar-refractivity contribution in [1.82, 2.24) is 4.57 Å². The van der Waals surface area contributed by atoms with Crippen LogP contribution < -0.4 is 5.73 Å². The van der Waals surface area contributed by atoms with E-state index in [0.717, 1.165) is 6.54 Å². The molecule has 1 aliphatic rings. The molecule has 1 saturated carbocycles. The summed E-state index contributed by atoms with van der Waals surface area (Å²) in [6.45, 7) is 2.97. The summed E-state index contributed by atoms with van der Waals surface area (Å²) in [6.07, 6.45) is 7.45. The highest BCUT2D eigenvalue weighted by Gasteiger charge is 2.36. The van der Waals surface area contributed by atoms with Gasteiger partial charge < -0.3 is 10.3 Å². The van der Waals surface area contributed by atoms with Gasteiger partial charge in [-0.1, -0.05) is 31.0 Å². The Labute approximate surface area is 109 Å². The van der Waals surface area contributed by atoms with Crippen LogP contribution in [-0.4, -0.2) is 11.1 Å². The quantitative estimate of drug-likeness (QED) is 0.861. The predicted octanol–water partition coefficient (Wildman–Crippen LogP) is 3.26. The maximum Gasteiger partial charge on any atom is 0.0510 e. The van der Waals surface area contributed by atoms with Gasteiger partial charge in [-0.05, 0) is 30.9 Å². The first-order chi connectivity index (χ1) is 8.68. The number of aryl methyl sites for hydroxylation is 2. The van der Waals surface area contributed by atoms with E-state index in [1.807, 2.05) is 0 Å². The molecule has 1 fully saturated rings. The van der Waals surface area contributed by atoms with Gasteiger partial charge in [-0.2, -0.15) is 0 Å². The van der Waals surface area contributed by atoms with Gasteiger partial charge in [-0.15, -0.1) is 0 Å². The summed E-state index contributed by atoms with van der Waals surface area (Å²) in [4.78, 5) is 0. The summed E-state index contributed by atoms with van der Waals surface area (Å²) < 4.78 is 2.27. The molecule has 0 radical (unpaired) electrons. The molecular formula is C16H22N2. The minimum Gasteiger partial charge on any atom is -0.350 e. The second-order valence-corrected chi connectivity index (χ2v) is 5.82. The van der Waals surface area contributed by atoms with Crippen LogP contribution in [0, 0.1) is 6.92 Å². The molecule has 3 rings (SSSR count). The van der Waals surface area contributed by atoms with Crippen LogP contribution in [0.4, 0.5) is 0 Å². The zero-order valence-electron chi connectivity index (χ0n) is 11.4. The summed E-state index contributed by atoms with van der Waals surface area (Å²) in [5.74, 6) is 0. The average molecular weight is 242 g/mol. The Balaban J connectivity index is 2.27. The van der Waals surface area contributed by atoms with E-state index in [2.05, 4.69) is 42.9 Å². The first-order valence-electron chi connectivity index (χ1n) is 6.93. The lowest BCUT2D eigenvalue weighted by Crippen LogP contribution is -2.31. The molecule has 0 aliphatic heterocycles. The molecule has 18 heavy (non-hydrogen) atoms. The van der Waals surface area contributed by atoms with Crippen molar-refractivity contribution in [2.24, 2.45) is 12.8 Å². The van der Waals surface area contributed by atoms with E-state index < -0.39 is 0 Å². The average Bonchev–Trinajstić information content (AvgIpc) is 2.96. The highest BCUT2D eigenvalue weighted by atomic mass is 14.9. The largest absolute Gasteiger partial charge is 0.350 e. The first-order valence-corrected chi connectivity index (χ1v) is 6.93. The van der Waals surface area contributed by atoms with Crippen LogP contribution >= 0.6 is 0 Å². The van der Waals surface area contributed by atoms with Gasteiger partial charge in [0.15, 0.2) is 0 Å². The maximum atomic E-state index is 6.13. The molecule has 1 aromatic carbocycles. The Bertz CT molecular complexity index is 574. The number of para-hydroxylation sites is 1. The Morgan fingerprint density at radius 3 is 2.67 bits per heavy atom. The highest BCUT2D eigenvalue weighted by molar-refractivity contribution is 5.87. The molecule has 0 saturated heterocycles. The van der Waals surface area contributed by atoms with Gasteiger partial charge in [0, 0.05) is 30.6 Å². The fraction of sp³-hybridized carbons (Fsp3) is 0.500. The van der Waals surface area contributed by atoms with Gasteiger partial charge in [0.2, 0.25) is 0 Å². The number of hydrogen-bond acceptors (Lipinski definition) is 1. The molecule has 2 aromatic rings. The smallest absolute Gasteiger partial charge is 0.0510 e. The number of benzene rings is 1. The molecule has 0 spiro atoms. The van der Waals surface area contributed by atoms with Crippen molar-refractivity contribution in [1.29, 1.82) is 0 Å². The minimum absolute atomic E-state index is 0.229. The van der Waals surface area contributed by atoms with E-state index in [4.69, 9.17) is 5.73 Å². The van der Waals surface area contributed by atoms with Crippen LogP contribution in [0.25, 0.3) is 10.9 Å². The monoisotopic (exact) mass is 242 g/mol. The van der Waals surface area contributed by atoms with Crippen LogP contribution in [0.2, 0.25) is 0 Å². The van der Waals surface area contributed by atoms with Crippen molar-refractivity contribution in [3.63, 3.8) is 0 Å². The molecule has 0 amide bonds. The molecule has 2 N–H and O–H groups in total. The zero-order chi connectivity index (χ0) is 12.8. The lowest BCUT2D eigenvalue weighted by atomic mass is 9.79. The standard InChI is InChI=1S/C16H22N2/c1-12-6-5-7-13-14(10-18(2)15(12)13)16(11-17)8-3-4-9-16/h5-7,10H,3-4,8-9,11,17H2,1-2H3. The van der Waals surface area contributed by atoms with E-state index in [0.29, 0.717) is 0 Å². The molecule has 0 unspecified atom stereocenters. The van der Waals surface area contributed by atoms with Crippen molar-refractivity contribution in [3.8, 4) is 0 Å². The molecule has 96 valence electrons. The van der Waals surface area contributed by atoms with Crippen LogP contribution in [0.3, 0.4) is 0 Å². The number of fused-ring (bicyclic) bond motifs is 1. The van der Waals surface area contributed by atoms with E-state index in [1.54, 1.807) is 0 Å². The Morgan fingerprint density at radius 1 is 1.28 bits per heavy atom. The van der Waals surface area contributed by atoms with E-state index in [1.165, 1.54) is 47.7 Å². The third-order valence-electron chi connectivity index (χ3n) is 4.73. The molecule has 0 atom stereocenters. The summed E-state index contributed by atoms with van der Waals surface area (Å²) in [7, 11) is 2.15. The van der Waals surface area contributed by atoms with Crippen LogP contribution in [0.5, 0.6) is 0 Å². The lowest BCUT2D eigenvalue weighted by Gasteiger charge is -2.27. The summed E-state index contributed by atoms with van der Waals surface area (Å²) >= 11 is 0. The van der Waals surface area contributed by atoms with Gasteiger partial charge in [0.1, 0.15) is 0 Å². The third-order valence-corrected chi connectivity index (χ3v) is 4.73. The Morgan fingerprint density at radius 2 is 2.00 bits per heavy atom. The topological polar surface area (TPSA) is 30.9 Å². The number of hydrogen-bond donors (Lipinski definition) is 1. The normalized spacial score (nSPS) is 18.6. The van der Waals surface area contributed by atoms with Crippen molar-refractivity contribution < 1.29 is 0 Å². The number of nitrogens with zero attached hydrogens (tertiary/aromatic N) is 1. The number of aromatic nitrogens is 1. The van der Waals surface area contributed by atoms with Gasteiger partial charge in [0.25, 0.3) is 0 Å². The maximum absolute atomic E-state index is 6.13. The van der Waals surface area contributed by atoms with Crippen molar-refractivity contribution in [2.45, 2.75) is 38.0 Å². The van der Waals surface area contributed by atoms with Gasteiger partial charge in [-0.3, -0.25) is 0 Å². The van der Waals surface area contributed by atoms with Gasteiger partial charge in [0.05, 0.1) is 5.52 Å². The SMILES string of the molecule is Cc1cccc2c(C3(CN)CCCC3)cn(C)c12. The highest BCUT2D eigenvalue weighted by Crippen LogP contribution is 2.43. The van der Waals surface area contributed by atoms with Crippen molar-refractivity contribution in [3.05, 3.63) is 35.5 Å². The molecule has 0 bridgehead atoms. The molecule has 1 aliphatic carbocycles. The summed E-state index contributed by atoms with van der Waals surface area (Å²) in [6, 6.07) is 6.61. The fourth-order valence-electron chi connectivity index (χ4n) is 3.73. The second kappa shape index (κ2) is 4.13. The Hall–Kier alpha value is -1.28. The van der Waals surface area contributed by atoms with E-state index in [9.17, 15) is 0 Å². The van der Waals surface area contributed by atoms with Crippen LogP contribution in [0.1, 0.15) is 36.8 Å². The molecule has 1 aromatic heterocycles. The Kier molecular flexibility index (Phi) is 2.70. The predicted molar refractivity (Wildman–Crippen MR) is 76.9 cm³/mol. The van der Waals surface area contributed by atoms with Crippen LogP contribution in [0.15, 0.2) is 24.4 Å².